The third kappa shape index (κ3) is 4.31. The Kier molecular flexibility index (Phi) is 6.30. The molecule has 9 heteroatoms. The summed E-state index contributed by atoms with van der Waals surface area (Å²) in [6.07, 6.45) is 6.86. The Hall–Kier alpha value is -3.48. The van der Waals surface area contributed by atoms with Crippen molar-refractivity contribution in [3.8, 4) is 6.07 Å². The second-order valence-corrected chi connectivity index (χ2v) is 10.0. The standard InChI is InChI=1S/C27H33N9/c1-20-18-35(25-5-4-21(15-28)26-24(25)3-2-7-30-26)19-22-6-10-33(13-14-36(20)22)23-16-31-27(32-17-23)34-11-8-29-9-12-34/h2-5,7,16-17,20,22,29H,6,8-14,18-19H2,1H3/t20-,22+/m1/s1. The molecule has 0 bridgehead atoms. The van der Waals surface area contributed by atoms with Crippen LogP contribution in [0.15, 0.2) is 42.9 Å². The van der Waals surface area contributed by atoms with E-state index in [1.165, 1.54) is 5.69 Å². The third-order valence-electron chi connectivity index (χ3n) is 7.91. The van der Waals surface area contributed by atoms with E-state index in [2.05, 4.69) is 55.0 Å². The average Bonchev–Trinajstić information content (AvgIpc) is 3.16. The van der Waals surface area contributed by atoms with Gasteiger partial charge in [0.2, 0.25) is 5.95 Å². The molecule has 3 aliphatic rings. The van der Waals surface area contributed by atoms with Crippen LogP contribution in [0.5, 0.6) is 0 Å². The minimum Gasteiger partial charge on any atom is -0.368 e. The molecule has 0 spiro atoms. The lowest BCUT2D eigenvalue weighted by Crippen LogP contribution is -2.58. The van der Waals surface area contributed by atoms with Gasteiger partial charge in [-0.3, -0.25) is 9.88 Å². The van der Waals surface area contributed by atoms with E-state index in [-0.39, 0.29) is 0 Å². The summed E-state index contributed by atoms with van der Waals surface area (Å²) < 4.78 is 0. The van der Waals surface area contributed by atoms with Crippen LogP contribution in [0.3, 0.4) is 0 Å². The predicted molar refractivity (Wildman–Crippen MR) is 143 cm³/mol. The van der Waals surface area contributed by atoms with Crippen LogP contribution in [0.25, 0.3) is 10.9 Å². The molecule has 186 valence electrons. The van der Waals surface area contributed by atoms with E-state index in [4.69, 9.17) is 9.97 Å². The van der Waals surface area contributed by atoms with Crippen LogP contribution in [0.4, 0.5) is 17.3 Å². The summed E-state index contributed by atoms with van der Waals surface area (Å²) in [5.74, 6) is 0.834. The minimum absolute atomic E-state index is 0.442. The molecular formula is C27H33N9. The molecule has 1 N–H and O–H groups in total. The zero-order valence-electron chi connectivity index (χ0n) is 20.8. The highest BCUT2D eigenvalue weighted by molar-refractivity contribution is 5.95. The Balaban J connectivity index is 1.18. The molecule has 3 aromatic rings. The normalized spacial score (nSPS) is 23.3. The van der Waals surface area contributed by atoms with Gasteiger partial charge in [-0.15, -0.1) is 0 Å². The molecule has 2 atom stereocenters. The van der Waals surface area contributed by atoms with Crippen molar-refractivity contribution in [3.63, 3.8) is 0 Å². The van der Waals surface area contributed by atoms with Gasteiger partial charge < -0.3 is 20.0 Å². The van der Waals surface area contributed by atoms with Crippen molar-refractivity contribution >= 4 is 28.2 Å². The molecule has 9 nitrogen and oxygen atoms in total. The van der Waals surface area contributed by atoms with E-state index >= 15 is 0 Å². The van der Waals surface area contributed by atoms with Crippen LogP contribution < -0.4 is 20.0 Å². The van der Waals surface area contributed by atoms with E-state index in [1.807, 2.05) is 24.5 Å². The Morgan fingerprint density at radius 3 is 2.56 bits per heavy atom. The molecule has 1 aromatic carbocycles. The van der Waals surface area contributed by atoms with Gasteiger partial charge in [-0.05, 0) is 37.6 Å². The van der Waals surface area contributed by atoms with Crippen LogP contribution in [-0.4, -0.2) is 90.8 Å². The Labute approximate surface area is 212 Å². The van der Waals surface area contributed by atoms with Gasteiger partial charge >= 0.3 is 0 Å². The number of hydrogen-bond acceptors (Lipinski definition) is 9. The average molecular weight is 484 g/mol. The molecule has 3 fully saturated rings. The third-order valence-corrected chi connectivity index (χ3v) is 7.91. The summed E-state index contributed by atoms with van der Waals surface area (Å²) in [5, 5.41) is 14.0. The first-order valence-corrected chi connectivity index (χ1v) is 13.0. The monoisotopic (exact) mass is 483 g/mol. The van der Waals surface area contributed by atoms with Gasteiger partial charge in [0.15, 0.2) is 0 Å². The van der Waals surface area contributed by atoms with Gasteiger partial charge in [-0.25, -0.2) is 9.97 Å². The minimum atomic E-state index is 0.442. The lowest BCUT2D eigenvalue weighted by molar-refractivity contribution is 0.130. The number of nitrogens with one attached hydrogen (secondary N) is 1. The Bertz CT molecular complexity index is 1250. The maximum Gasteiger partial charge on any atom is 0.225 e. The van der Waals surface area contributed by atoms with Crippen LogP contribution in [0.1, 0.15) is 18.9 Å². The van der Waals surface area contributed by atoms with Crippen molar-refractivity contribution in [1.82, 2.24) is 25.2 Å². The molecule has 3 saturated heterocycles. The van der Waals surface area contributed by atoms with Gasteiger partial charge in [0, 0.05) is 88.3 Å². The number of anilines is 3. The molecule has 2 aromatic heterocycles. The highest BCUT2D eigenvalue weighted by atomic mass is 15.3. The van der Waals surface area contributed by atoms with Crippen molar-refractivity contribution in [2.24, 2.45) is 0 Å². The van der Waals surface area contributed by atoms with Gasteiger partial charge in [0.05, 0.1) is 29.2 Å². The van der Waals surface area contributed by atoms with Crippen molar-refractivity contribution in [3.05, 3.63) is 48.4 Å². The first-order chi connectivity index (χ1) is 17.7. The highest BCUT2D eigenvalue weighted by Gasteiger charge is 2.35. The quantitative estimate of drug-likeness (QED) is 0.602. The fraction of sp³-hybridized carbons (Fsp3) is 0.481. The Morgan fingerprint density at radius 1 is 0.917 bits per heavy atom. The molecule has 36 heavy (non-hydrogen) atoms. The maximum atomic E-state index is 9.54. The molecule has 0 aliphatic carbocycles. The molecule has 3 aliphatic heterocycles. The zero-order chi connectivity index (χ0) is 24.5. The van der Waals surface area contributed by atoms with Crippen molar-refractivity contribution in [1.29, 1.82) is 5.26 Å². The summed E-state index contributed by atoms with van der Waals surface area (Å²) in [7, 11) is 0. The summed E-state index contributed by atoms with van der Waals surface area (Å²) in [6, 6.07) is 11.3. The van der Waals surface area contributed by atoms with E-state index in [0.29, 0.717) is 17.6 Å². The van der Waals surface area contributed by atoms with E-state index in [9.17, 15) is 5.26 Å². The number of nitrogens with zero attached hydrogens (tertiary/aromatic N) is 8. The Morgan fingerprint density at radius 2 is 1.75 bits per heavy atom. The fourth-order valence-electron chi connectivity index (χ4n) is 6.01. The number of piperazine rings is 2. The van der Waals surface area contributed by atoms with Crippen LogP contribution in [0.2, 0.25) is 0 Å². The maximum absolute atomic E-state index is 9.54. The predicted octanol–water partition coefficient (Wildman–Crippen LogP) is 2.10. The van der Waals surface area contributed by atoms with E-state index in [1.54, 1.807) is 6.20 Å². The highest BCUT2D eigenvalue weighted by Crippen LogP contribution is 2.32. The SMILES string of the molecule is C[C@@H]1CN(c2ccc(C#N)c3ncccc23)C[C@@H]2CCN(c3cnc(N4CCNCC4)nc3)CCN21. The zero-order valence-corrected chi connectivity index (χ0v) is 20.8. The lowest BCUT2D eigenvalue weighted by atomic mass is 10.0. The van der Waals surface area contributed by atoms with Gasteiger partial charge in [-0.1, -0.05) is 0 Å². The number of pyridine rings is 1. The molecule has 0 amide bonds. The van der Waals surface area contributed by atoms with Crippen molar-refractivity contribution < 1.29 is 0 Å². The van der Waals surface area contributed by atoms with Crippen molar-refractivity contribution in [2.45, 2.75) is 25.4 Å². The van der Waals surface area contributed by atoms with Crippen molar-refractivity contribution in [2.75, 3.05) is 73.6 Å². The van der Waals surface area contributed by atoms with E-state index in [0.717, 1.165) is 87.9 Å². The van der Waals surface area contributed by atoms with Gasteiger partial charge in [0.25, 0.3) is 0 Å². The smallest absolute Gasteiger partial charge is 0.225 e. The van der Waals surface area contributed by atoms with Crippen LogP contribution >= 0.6 is 0 Å². The fourth-order valence-corrected chi connectivity index (χ4v) is 6.01. The number of benzene rings is 1. The molecule has 5 heterocycles. The van der Waals surface area contributed by atoms with Crippen LogP contribution in [0, 0.1) is 11.3 Å². The number of aromatic nitrogens is 3. The molecule has 0 unspecified atom stereocenters. The number of hydrogen-bond donors (Lipinski definition) is 1. The second-order valence-electron chi connectivity index (χ2n) is 10.0. The summed E-state index contributed by atoms with van der Waals surface area (Å²) >= 11 is 0. The number of rotatable bonds is 3. The van der Waals surface area contributed by atoms with Gasteiger partial charge in [-0.2, -0.15) is 5.26 Å². The summed E-state index contributed by atoms with van der Waals surface area (Å²) in [4.78, 5) is 23.8. The first-order valence-electron chi connectivity index (χ1n) is 13.0. The summed E-state index contributed by atoms with van der Waals surface area (Å²) in [6.45, 7) is 11.2. The second kappa shape index (κ2) is 9.88. The largest absolute Gasteiger partial charge is 0.368 e. The van der Waals surface area contributed by atoms with Crippen LogP contribution in [-0.2, 0) is 0 Å². The topological polar surface area (TPSA) is 87.5 Å². The summed E-state index contributed by atoms with van der Waals surface area (Å²) in [5.41, 5.74) is 3.73. The lowest BCUT2D eigenvalue weighted by Gasteiger charge is -2.46. The molecule has 6 rings (SSSR count). The van der Waals surface area contributed by atoms with E-state index < -0.39 is 0 Å². The first kappa shape index (κ1) is 23.0. The van der Waals surface area contributed by atoms with Gasteiger partial charge in [0.1, 0.15) is 6.07 Å². The molecular weight excluding hydrogens is 450 g/mol. The molecule has 0 saturated carbocycles. The molecule has 0 radical (unpaired) electrons. The number of fused-ring (bicyclic) bond motifs is 2. The number of nitriles is 1.